The van der Waals surface area contributed by atoms with Gasteiger partial charge in [-0.1, -0.05) is 36.7 Å². The van der Waals surface area contributed by atoms with Gasteiger partial charge in [-0.15, -0.1) is 0 Å². The number of carbonyl (C=O) groups is 1. The molecule has 1 aromatic heterocycles. The number of hydrogen-bond acceptors (Lipinski definition) is 7. The van der Waals surface area contributed by atoms with Crippen molar-refractivity contribution in [3.63, 3.8) is 0 Å². The third-order valence-corrected chi connectivity index (χ3v) is 10.8. The Morgan fingerprint density at radius 1 is 1.03 bits per heavy atom. The molecule has 0 spiro atoms. The second-order valence-corrected chi connectivity index (χ2v) is 12.9. The van der Waals surface area contributed by atoms with Crippen molar-refractivity contribution in [1.29, 1.82) is 0 Å². The molecule has 10 heteroatoms. The van der Waals surface area contributed by atoms with Gasteiger partial charge in [0.1, 0.15) is 11.3 Å². The van der Waals surface area contributed by atoms with Gasteiger partial charge in [-0.25, -0.2) is 13.4 Å². The molecule has 0 atom stereocenters. The standard InChI is InChI=1S/C27H34N4O4S2/c1-19-9-14-23(35-3)24-25(19)36-27(28-24)31-17-15-30(16-18-31)26(32)20-10-12-22(13-11-20)37(33,34)29(2)21-7-5-4-6-8-21/h9-14,21H,4-8,15-18H2,1-3H3. The molecule has 2 fully saturated rings. The van der Waals surface area contributed by atoms with Crippen LogP contribution in [-0.2, 0) is 10.0 Å². The number of sulfonamides is 1. The van der Waals surface area contributed by atoms with Crippen molar-refractivity contribution >= 4 is 42.6 Å². The summed E-state index contributed by atoms with van der Waals surface area (Å²) in [6.07, 6.45) is 5.12. The fraction of sp³-hybridized carbons (Fsp3) is 0.481. The minimum Gasteiger partial charge on any atom is -0.494 e. The summed E-state index contributed by atoms with van der Waals surface area (Å²) in [5.41, 5.74) is 2.56. The Morgan fingerprint density at radius 2 is 1.70 bits per heavy atom. The Kier molecular flexibility index (Phi) is 7.42. The minimum absolute atomic E-state index is 0.0526. The lowest BCUT2D eigenvalue weighted by atomic mass is 9.96. The van der Waals surface area contributed by atoms with Crippen LogP contribution in [0.4, 0.5) is 5.13 Å². The van der Waals surface area contributed by atoms with E-state index in [-0.39, 0.29) is 16.8 Å². The van der Waals surface area contributed by atoms with Crippen molar-refractivity contribution in [2.75, 3.05) is 45.2 Å². The van der Waals surface area contributed by atoms with Crippen LogP contribution in [0.2, 0.25) is 0 Å². The van der Waals surface area contributed by atoms with Gasteiger partial charge >= 0.3 is 0 Å². The molecule has 1 aliphatic carbocycles. The summed E-state index contributed by atoms with van der Waals surface area (Å²) in [7, 11) is -0.246. The first-order valence-corrected chi connectivity index (χ1v) is 15.1. The van der Waals surface area contributed by atoms with Gasteiger partial charge in [-0.05, 0) is 55.7 Å². The van der Waals surface area contributed by atoms with E-state index in [9.17, 15) is 13.2 Å². The van der Waals surface area contributed by atoms with E-state index in [0.29, 0.717) is 31.7 Å². The second-order valence-electron chi connectivity index (χ2n) is 9.88. The van der Waals surface area contributed by atoms with Gasteiger partial charge in [0.05, 0.1) is 16.7 Å². The maximum absolute atomic E-state index is 13.2. The normalized spacial score (nSPS) is 17.5. The summed E-state index contributed by atoms with van der Waals surface area (Å²) < 4.78 is 34.4. The highest BCUT2D eigenvalue weighted by Gasteiger charge is 2.30. The number of aryl methyl sites for hydroxylation is 1. The largest absolute Gasteiger partial charge is 0.494 e. The van der Waals surface area contributed by atoms with Crippen LogP contribution in [0.15, 0.2) is 41.3 Å². The summed E-state index contributed by atoms with van der Waals surface area (Å²) in [4.78, 5) is 22.3. The number of ether oxygens (including phenoxy) is 1. The first kappa shape index (κ1) is 25.9. The van der Waals surface area contributed by atoms with E-state index in [4.69, 9.17) is 9.72 Å². The molecular formula is C27H34N4O4S2. The predicted molar refractivity (Wildman–Crippen MR) is 147 cm³/mol. The topological polar surface area (TPSA) is 83.0 Å². The predicted octanol–water partition coefficient (Wildman–Crippen LogP) is 4.53. The highest BCUT2D eigenvalue weighted by Crippen LogP contribution is 2.36. The molecule has 0 unspecified atom stereocenters. The Morgan fingerprint density at radius 3 is 2.35 bits per heavy atom. The lowest BCUT2D eigenvalue weighted by Gasteiger charge is -2.34. The highest BCUT2D eigenvalue weighted by molar-refractivity contribution is 7.89. The molecule has 2 heterocycles. The van der Waals surface area contributed by atoms with Gasteiger partial charge in [-0.2, -0.15) is 4.31 Å². The van der Waals surface area contributed by atoms with Crippen LogP contribution in [0.25, 0.3) is 10.2 Å². The van der Waals surface area contributed by atoms with Gasteiger partial charge in [0.15, 0.2) is 5.13 Å². The van der Waals surface area contributed by atoms with Crippen LogP contribution in [0.5, 0.6) is 5.75 Å². The third kappa shape index (κ3) is 5.06. The SMILES string of the molecule is COc1ccc(C)c2sc(N3CCN(C(=O)c4ccc(S(=O)(=O)N(C)C5CCCCC5)cc4)CC3)nc12. The molecular weight excluding hydrogens is 508 g/mol. The summed E-state index contributed by atoms with van der Waals surface area (Å²) in [5.74, 6) is 0.693. The zero-order chi connectivity index (χ0) is 26.2. The van der Waals surface area contributed by atoms with Gasteiger partial charge < -0.3 is 14.5 Å². The smallest absolute Gasteiger partial charge is 0.253 e. The van der Waals surface area contributed by atoms with Gasteiger partial charge in [0.2, 0.25) is 10.0 Å². The average Bonchev–Trinajstić information content (AvgIpc) is 3.40. The minimum atomic E-state index is -3.58. The fourth-order valence-electron chi connectivity index (χ4n) is 5.26. The summed E-state index contributed by atoms with van der Waals surface area (Å²) in [5, 5.41) is 0.936. The molecule has 37 heavy (non-hydrogen) atoms. The van der Waals surface area contributed by atoms with Crippen molar-refractivity contribution in [3.8, 4) is 5.75 Å². The van der Waals surface area contributed by atoms with Crippen LogP contribution in [0.1, 0.15) is 48.0 Å². The Hall–Kier alpha value is -2.69. The number of anilines is 1. The van der Waals surface area contributed by atoms with E-state index >= 15 is 0 Å². The molecule has 8 nitrogen and oxygen atoms in total. The Balaban J connectivity index is 1.24. The van der Waals surface area contributed by atoms with Crippen LogP contribution in [0, 0.1) is 6.92 Å². The molecule has 198 valence electrons. The highest BCUT2D eigenvalue weighted by atomic mass is 32.2. The molecule has 0 bridgehead atoms. The number of fused-ring (bicyclic) bond motifs is 1. The lowest BCUT2D eigenvalue weighted by Crippen LogP contribution is -2.48. The van der Waals surface area contributed by atoms with E-state index in [1.54, 1.807) is 49.8 Å². The molecule has 1 saturated carbocycles. The quantitative estimate of drug-likeness (QED) is 0.455. The Bertz CT molecular complexity index is 1370. The number of methoxy groups -OCH3 is 1. The van der Waals surface area contributed by atoms with E-state index < -0.39 is 10.0 Å². The van der Waals surface area contributed by atoms with E-state index in [2.05, 4.69) is 11.8 Å². The van der Waals surface area contributed by atoms with Crippen molar-refractivity contribution in [1.82, 2.24) is 14.2 Å². The summed E-state index contributed by atoms with van der Waals surface area (Å²) >= 11 is 1.65. The molecule has 0 radical (unpaired) electrons. The molecule has 1 amide bonds. The van der Waals surface area contributed by atoms with E-state index in [1.807, 2.05) is 17.0 Å². The summed E-state index contributed by atoms with van der Waals surface area (Å²) in [6, 6.07) is 10.4. The number of amides is 1. The zero-order valence-corrected chi connectivity index (χ0v) is 23.3. The van der Waals surface area contributed by atoms with Gasteiger partial charge in [0, 0.05) is 44.8 Å². The number of benzene rings is 2. The van der Waals surface area contributed by atoms with E-state index in [0.717, 1.165) is 46.8 Å². The van der Waals surface area contributed by atoms with Gasteiger partial charge in [-0.3, -0.25) is 4.79 Å². The molecule has 1 aliphatic heterocycles. The lowest BCUT2D eigenvalue weighted by molar-refractivity contribution is 0.0746. The van der Waals surface area contributed by atoms with Crippen LogP contribution in [-0.4, -0.2) is 74.9 Å². The number of rotatable bonds is 6. The first-order chi connectivity index (χ1) is 17.8. The number of thiazole rings is 1. The van der Waals surface area contributed by atoms with E-state index in [1.165, 1.54) is 16.3 Å². The number of hydrogen-bond donors (Lipinski definition) is 0. The van der Waals surface area contributed by atoms with Crippen LogP contribution in [0.3, 0.4) is 0 Å². The number of carbonyl (C=O) groups excluding carboxylic acids is 1. The van der Waals surface area contributed by atoms with Crippen molar-refractivity contribution in [2.45, 2.75) is 50.0 Å². The number of nitrogens with zero attached hydrogens (tertiary/aromatic N) is 4. The molecule has 0 N–H and O–H groups in total. The van der Waals surface area contributed by atoms with Gasteiger partial charge in [0.25, 0.3) is 5.91 Å². The van der Waals surface area contributed by atoms with Crippen molar-refractivity contribution in [2.24, 2.45) is 0 Å². The van der Waals surface area contributed by atoms with Crippen LogP contribution < -0.4 is 9.64 Å². The second kappa shape index (κ2) is 10.6. The number of piperazine rings is 1. The maximum Gasteiger partial charge on any atom is 0.253 e. The van der Waals surface area contributed by atoms with Crippen molar-refractivity contribution < 1.29 is 17.9 Å². The monoisotopic (exact) mass is 542 g/mol. The third-order valence-electron chi connectivity index (χ3n) is 7.62. The zero-order valence-electron chi connectivity index (χ0n) is 21.6. The van der Waals surface area contributed by atoms with Crippen LogP contribution >= 0.6 is 11.3 Å². The molecule has 2 aliphatic rings. The average molecular weight is 543 g/mol. The first-order valence-electron chi connectivity index (χ1n) is 12.9. The molecule has 5 rings (SSSR count). The van der Waals surface area contributed by atoms with Crippen molar-refractivity contribution in [3.05, 3.63) is 47.5 Å². The molecule has 3 aromatic rings. The molecule has 1 saturated heterocycles. The molecule has 2 aromatic carbocycles. The summed E-state index contributed by atoms with van der Waals surface area (Å²) in [6.45, 7) is 4.60. The fourth-order valence-corrected chi connectivity index (χ4v) is 7.78. The Labute approximate surface area is 222 Å². The maximum atomic E-state index is 13.2. The number of aromatic nitrogens is 1.